The Kier molecular flexibility index (Phi) is 4.03. The summed E-state index contributed by atoms with van der Waals surface area (Å²) in [5.41, 5.74) is -2.37. The number of hydrogen-bond acceptors (Lipinski definition) is 2. The van der Waals surface area contributed by atoms with Crippen molar-refractivity contribution < 1.29 is 22.0 Å². The fraction of sp³-hybridized carbons (Fsp3) is 0.333. The lowest BCUT2D eigenvalue weighted by Gasteiger charge is -2.13. The first-order valence-electron chi connectivity index (χ1n) is 4.18. The van der Waals surface area contributed by atoms with Gasteiger partial charge >= 0.3 is 6.18 Å². The lowest BCUT2D eigenvalue weighted by atomic mass is 10.1. The maximum atomic E-state index is 12.5. The van der Waals surface area contributed by atoms with E-state index in [2.05, 4.69) is 20.9 Å². The maximum absolute atomic E-state index is 12.5. The Hall–Kier alpha value is -1.23. The third kappa shape index (κ3) is 2.91. The quantitative estimate of drug-likeness (QED) is 0.777. The first-order chi connectivity index (χ1) is 7.79. The Labute approximate surface area is 101 Å². The van der Waals surface area contributed by atoms with Crippen molar-refractivity contribution in [3.05, 3.63) is 27.5 Å². The molecule has 8 heteroatoms. The van der Waals surface area contributed by atoms with Gasteiger partial charge in [0, 0.05) is 11.8 Å². The lowest BCUT2D eigenvalue weighted by Crippen LogP contribution is -2.12. The van der Waals surface area contributed by atoms with Crippen LogP contribution in [0.3, 0.4) is 0 Å². The largest absolute Gasteiger partial charge is 0.434 e. The predicted molar refractivity (Wildman–Crippen MR) is 51.2 cm³/mol. The number of halogens is 6. The summed E-state index contributed by atoms with van der Waals surface area (Å²) >= 11 is 2.57. The average Bonchev–Trinajstić information content (AvgIpc) is 2.18. The second-order valence-corrected chi connectivity index (χ2v) is 3.78. The van der Waals surface area contributed by atoms with Crippen LogP contribution in [0.5, 0.6) is 0 Å². The molecule has 1 heterocycles. The molecular weight excluding hydrogens is 311 g/mol. The predicted octanol–water partition coefficient (Wildman–Crippen LogP) is 3.87. The van der Waals surface area contributed by atoms with Gasteiger partial charge in [0.15, 0.2) is 5.69 Å². The molecule has 0 aliphatic carbocycles. The molecule has 92 valence electrons. The molecule has 0 aromatic carbocycles. The smallest absolute Gasteiger partial charge is 0.250 e. The van der Waals surface area contributed by atoms with E-state index in [0.717, 1.165) is 0 Å². The van der Waals surface area contributed by atoms with Crippen molar-refractivity contribution in [3.63, 3.8) is 0 Å². The van der Waals surface area contributed by atoms with Gasteiger partial charge < -0.3 is 0 Å². The highest BCUT2D eigenvalue weighted by atomic mass is 79.9. The van der Waals surface area contributed by atoms with Gasteiger partial charge in [-0.3, -0.25) is 4.98 Å². The summed E-state index contributed by atoms with van der Waals surface area (Å²) in [7, 11) is 0. The van der Waals surface area contributed by atoms with Gasteiger partial charge in [0.1, 0.15) is 0 Å². The summed E-state index contributed by atoms with van der Waals surface area (Å²) in [6, 6.07) is 1.54. The van der Waals surface area contributed by atoms with Crippen LogP contribution in [0.4, 0.5) is 22.0 Å². The van der Waals surface area contributed by atoms with Crippen LogP contribution in [0.2, 0.25) is 0 Å². The molecule has 0 atom stereocenters. The molecule has 1 rings (SSSR count). The number of rotatable bonds is 2. The van der Waals surface area contributed by atoms with Crippen LogP contribution in [0.15, 0.2) is 10.7 Å². The third-order valence-corrected chi connectivity index (χ3v) is 2.77. The lowest BCUT2D eigenvalue weighted by molar-refractivity contribution is -0.141. The van der Waals surface area contributed by atoms with E-state index in [-0.39, 0.29) is 5.56 Å². The number of hydrogen-bond donors (Lipinski definition) is 0. The van der Waals surface area contributed by atoms with Gasteiger partial charge in [-0.1, -0.05) is 0 Å². The van der Waals surface area contributed by atoms with Crippen LogP contribution in [0, 0.1) is 11.3 Å². The molecule has 0 radical (unpaired) electrons. The molecule has 0 spiro atoms. The highest BCUT2D eigenvalue weighted by molar-refractivity contribution is 9.10. The molecule has 0 saturated carbocycles. The summed E-state index contributed by atoms with van der Waals surface area (Å²) in [5.74, 6) is 0. The van der Waals surface area contributed by atoms with Crippen LogP contribution in [0.25, 0.3) is 0 Å². The van der Waals surface area contributed by atoms with Gasteiger partial charge in [0.05, 0.1) is 17.0 Å². The summed E-state index contributed by atoms with van der Waals surface area (Å²) in [6.07, 6.45) is -7.84. The molecule has 1 aromatic heterocycles. The minimum atomic E-state index is -4.76. The molecule has 0 unspecified atom stereocenters. The molecule has 0 amide bonds. The minimum absolute atomic E-state index is 0.384. The maximum Gasteiger partial charge on any atom is 0.434 e. The van der Waals surface area contributed by atoms with Crippen LogP contribution in [-0.2, 0) is 12.6 Å². The SMILES string of the molecule is N#CCc1c(C(F)F)cnc(C(F)(F)F)c1Br. The van der Waals surface area contributed by atoms with Gasteiger partial charge in [0.25, 0.3) is 6.43 Å². The molecule has 0 bridgehead atoms. The molecule has 1 aromatic rings. The van der Waals surface area contributed by atoms with Crippen LogP contribution in [0.1, 0.15) is 23.2 Å². The van der Waals surface area contributed by atoms with Crippen LogP contribution < -0.4 is 0 Å². The summed E-state index contributed by atoms with van der Waals surface area (Å²) in [4.78, 5) is 2.95. The van der Waals surface area contributed by atoms with E-state index >= 15 is 0 Å². The van der Waals surface area contributed by atoms with Crippen molar-refractivity contribution in [2.75, 3.05) is 0 Å². The molecule has 2 nitrogen and oxygen atoms in total. The Balaban J connectivity index is 3.45. The van der Waals surface area contributed by atoms with Crippen molar-refractivity contribution in [1.29, 1.82) is 5.26 Å². The number of alkyl halides is 5. The third-order valence-electron chi connectivity index (χ3n) is 1.91. The Bertz CT molecular complexity index is 464. The monoisotopic (exact) mass is 314 g/mol. The number of nitrogens with zero attached hydrogens (tertiary/aromatic N) is 2. The van der Waals surface area contributed by atoms with Gasteiger partial charge in [0.2, 0.25) is 0 Å². The van der Waals surface area contributed by atoms with Gasteiger partial charge in [-0.25, -0.2) is 8.78 Å². The van der Waals surface area contributed by atoms with E-state index in [9.17, 15) is 22.0 Å². The van der Waals surface area contributed by atoms with Gasteiger partial charge in [-0.05, 0) is 21.5 Å². The zero-order chi connectivity index (χ0) is 13.2. The molecule has 0 aliphatic heterocycles. The first kappa shape index (κ1) is 13.8. The highest BCUT2D eigenvalue weighted by Crippen LogP contribution is 2.38. The topological polar surface area (TPSA) is 36.7 Å². The zero-order valence-electron chi connectivity index (χ0n) is 8.02. The van der Waals surface area contributed by atoms with E-state index in [1.807, 2.05) is 0 Å². The number of pyridine rings is 1. The van der Waals surface area contributed by atoms with Crippen molar-refractivity contribution in [1.82, 2.24) is 4.98 Å². The number of nitriles is 1. The second kappa shape index (κ2) is 4.96. The van der Waals surface area contributed by atoms with E-state index in [4.69, 9.17) is 5.26 Å². The van der Waals surface area contributed by atoms with Crippen molar-refractivity contribution in [2.24, 2.45) is 0 Å². The molecule has 17 heavy (non-hydrogen) atoms. The molecular formula is C9H4BrF5N2. The van der Waals surface area contributed by atoms with E-state index in [1.165, 1.54) is 0 Å². The highest BCUT2D eigenvalue weighted by Gasteiger charge is 2.37. The summed E-state index contributed by atoms with van der Waals surface area (Å²) in [5, 5.41) is 8.43. The zero-order valence-corrected chi connectivity index (χ0v) is 9.61. The Morgan fingerprint density at radius 1 is 1.41 bits per heavy atom. The minimum Gasteiger partial charge on any atom is -0.250 e. The molecule has 0 N–H and O–H groups in total. The second-order valence-electron chi connectivity index (χ2n) is 2.99. The van der Waals surface area contributed by atoms with Crippen LogP contribution >= 0.6 is 15.9 Å². The van der Waals surface area contributed by atoms with E-state index in [0.29, 0.717) is 6.20 Å². The van der Waals surface area contributed by atoms with Crippen molar-refractivity contribution >= 4 is 15.9 Å². The fourth-order valence-electron chi connectivity index (χ4n) is 1.18. The molecule has 0 saturated heterocycles. The molecule has 0 fully saturated rings. The molecule has 0 aliphatic rings. The Morgan fingerprint density at radius 2 is 2.00 bits per heavy atom. The fourth-order valence-corrected chi connectivity index (χ4v) is 1.88. The van der Waals surface area contributed by atoms with E-state index in [1.54, 1.807) is 6.07 Å². The first-order valence-corrected chi connectivity index (χ1v) is 4.98. The standard InChI is InChI=1S/C9H4BrF5N2/c10-6-4(1-2-16)5(8(11)12)3-17-7(6)9(13,14)15/h3,8H,1H2. The van der Waals surface area contributed by atoms with Gasteiger partial charge in [-0.15, -0.1) is 0 Å². The average molecular weight is 315 g/mol. The normalized spacial score (nSPS) is 11.6. The van der Waals surface area contributed by atoms with E-state index < -0.39 is 34.8 Å². The Morgan fingerprint density at radius 3 is 2.41 bits per heavy atom. The summed E-state index contributed by atoms with van der Waals surface area (Å²) < 4.78 is 61.7. The van der Waals surface area contributed by atoms with Gasteiger partial charge in [-0.2, -0.15) is 18.4 Å². The number of aromatic nitrogens is 1. The van der Waals surface area contributed by atoms with Crippen LogP contribution in [-0.4, -0.2) is 4.98 Å². The van der Waals surface area contributed by atoms with Crippen molar-refractivity contribution in [3.8, 4) is 6.07 Å². The summed E-state index contributed by atoms with van der Waals surface area (Å²) in [6.45, 7) is 0. The van der Waals surface area contributed by atoms with Crippen molar-refractivity contribution in [2.45, 2.75) is 19.0 Å².